The summed E-state index contributed by atoms with van der Waals surface area (Å²) in [6.07, 6.45) is 3.50. The van der Waals surface area contributed by atoms with E-state index in [9.17, 15) is 0 Å². The highest BCUT2D eigenvalue weighted by Crippen LogP contribution is 2.40. The van der Waals surface area contributed by atoms with Crippen LogP contribution in [0.15, 0.2) is 54.6 Å². The van der Waals surface area contributed by atoms with E-state index in [0.29, 0.717) is 6.04 Å². The summed E-state index contributed by atoms with van der Waals surface area (Å²) in [6.45, 7) is 4.73. The number of hydrogen-bond donors (Lipinski definition) is 0. The zero-order valence-corrected chi connectivity index (χ0v) is 16.0. The quantitative estimate of drug-likeness (QED) is 0.488. The van der Waals surface area contributed by atoms with Crippen molar-refractivity contribution in [1.29, 1.82) is 0 Å². The average Bonchev–Trinajstić information content (AvgIpc) is 3.37. The van der Waals surface area contributed by atoms with Crippen molar-refractivity contribution in [3.63, 3.8) is 0 Å². The van der Waals surface area contributed by atoms with Crippen LogP contribution in [-0.4, -0.2) is 23.0 Å². The van der Waals surface area contributed by atoms with Gasteiger partial charge in [-0.3, -0.25) is 4.90 Å². The van der Waals surface area contributed by atoms with Gasteiger partial charge in [-0.15, -0.1) is 11.3 Å². The van der Waals surface area contributed by atoms with Crippen LogP contribution < -0.4 is 0 Å². The summed E-state index contributed by atoms with van der Waals surface area (Å²) in [5.74, 6) is 0.739. The average molecular weight is 361 g/mol. The van der Waals surface area contributed by atoms with E-state index in [4.69, 9.17) is 4.98 Å². The van der Waals surface area contributed by atoms with E-state index >= 15 is 0 Å². The Morgan fingerprint density at radius 3 is 2.81 bits per heavy atom. The smallest absolute Gasteiger partial charge is 0.0938 e. The molecule has 132 valence electrons. The van der Waals surface area contributed by atoms with Crippen molar-refractivity contribution in [2.75, 3.05) is 13.1 Å². The zero-order valence-electron chi connectivity index (χ0n) is 15.2. The molecule has 2 nitrogen and oxygen atoms in total. The Hall–Kier alpha value is -1.97. The van der Waals surface area contributed by atoms with Crippen molar-refractivity contribution in [2.24, 2.45) is 5.92 Å². The van der Waals surface area contributed by atoms with E-state index in [1.165, 1.54) is 51.8 Å². The molecule has 0 saturated carbocycles. The Kier molecular flexibility index (Phi) is 4.14. The predicted molar refractivity (Wildman–Crippen MR) is 109 cm³/mol. The van der Waals surface area contributed by atoms with Gasteiger partial charge in [0.25, 0.3) is 0 Å². The van der Waals surface area contributed by atoms with E-state index in [1.54, 1.807) is 0 Å². The fourth-order valence-electron chi connectivity index (χ4n) is 4.47. The van der Waals surface area contributed by atoms with E-state index in [0.717, 1.165) is 18.8 Å². The van der Waals surface area contributed by atoms with Gasteiger partial charge in [0.2, 0.25) is 0 Å². The predicted octanol–water partition coefficient (Wildman–Crippen LogP) is 5.34. The molecule has 1 aliphatic heterocycles. The molecule has 26 heavy (non-hydrogen) atoms. The Morgan fingerprint density at radius 1 is 1.12 bits per heavy atom. The number of aromatic nitrogens is 1. The van der Waals surface area contributed by atoms with Crippen molar-refractivity contribution in [3.05, 3.63) is 75.6 Å². The van der Waals surface area contributed by atoms with Crippen LogP contribution in [0, 0.1) is 5.92 Å². The van der Waals surface area contributed by atoms with Gasteiger partial charge in [0.15, 0.2) is 0 Å². The number of hydrogen-bond acceptors (Lipinski definition) is 3. The lowest BCUT2D eigenvalue weighted by atomic mass is 10.1. The fourth-order valence-corrected chi connectivity index (χ4v) is 5.69. The van der Waals surface area contributed by atoms with Crippen LogP contribution in [0.4, 0.5) is 0 Å². The largest absolute Gasteiger partial charge is 0.296 e. The van der Waals surface area contributed by atoms with Gasteiger partial charge in [0.1, 0.15) is 0 Å². The van der Waals surface area contributed by atoms with Crippen molar-refractivity contribution in [1.82, 2.24) is 9.88 Å². The minimum atomic E-state index is 0.509. The van der Waals surface area contributed by atoms with Gasteiger partial charge in [-0.2, -0.15) is 0 Å². The maximum Gasteiger partial charge on any atom is 0.0938 e. The molecule has 0 bridgehead atoms. The standard InChI is InChI=1S/C23H24N2S/c1-16(18-7-3-2-4-8-18)25-12-11-17(15-25)13-22-24-23-20-10-6-5-9-19(20)14-21(23)26-22/h2-10,16-17H,11-15H2,1H3/t16-,17-/m1/s1. The first-order valence-electron chi connectivity index (χ1n) is 9.64. The molecule has 2 atom stereocenters. The zero-order chi connectivity index (χ0) is 17.5. The minimum Gasteiger partial charge on any atom is -0.296 e. The summed E-state index contributed by atoms with van der Waals surface area (Å²) >= 11 is 1.94. The molecule has 3 heteroatoms. The van der Waals surface area contributed by atoms with Gasteiger partial charge in [-0.05, 0) is 36.9 Å². The molecule has 0 unspecified atom stereocenters. The van der Waals surface area contributed by atoms with Crippen molar-refractivity contribution < 1.29 is 0 Å². The van der Waals surface area contributed by atoms with Crippen LogP contribution in [0.5, 0.6) is 0 Å². The Balaban J connectivity index is 1.27. The van der Waals surface area contributed by atoms with Gasteiger partial charge in [-0.25, -0.2) is 4.98 Å². The third-order valence-electron chi connectivity index (χ3n) is 5.98. The minimum absolute atomic E-state index is 0.509. The van der Waals surface area contributed by atoms with Gasteiger partial charge in [0.05, 0.1) is 10.7 Å². The highest BCUT2D eigenvalue weighted by molar-refractivity contribution is 7.12. The molecule has 2 aromatic carbocycles. The molecule has 0 N–H and O–H groups in total. The first-order valence-corrected chi connectivity index (χ1v) is 10.5. The summed E-state index contributed by atoms with van der Waals surface area (Å²) < 4.78 is 0. The van der Waals surface area contributed by atoms with Crippen LogP contribution in [0.2, 0.25) is 0 Å². The van der Waals surface area contributed by atoms with E-state index in [2.05, 4.69) is 66.4 Å². The van der Waals surface area contributed by atoms with E-state index < -0.39 is 0 Å². The number of benzene rings is 2. The first-order chi connectivity index (χ1) is 12.8. The van der Waals surface area contributed by atoms with Crippen LogP contribution in [0.25, 0.3) is 11.3 Å². The molecule has 0 amide bonds. The summed E-state index contributed by atoms with van der Waals surface area (Å²) in [5.41, 5.74) is 5.48. The van der Waals surface area contributed by atoms with Gasteiger partial charge >= 0.3 is 0 Å². The molecule has 0 spiro atoms. The summed E-state index contributed by atoms with van der Waals surface area (Å²) in [4.78, 5) is 9.13. The number of fused-ring (bicyclic) bond motifs is 3. The van der Waals surface area contributed by atoms with Crippen LogP contribution in [0.3, 0.4) is 0 Å². The highest BCUT2D eigenvalue weighted by Gasteiger charge is 2.29. The van der Waals surface area contributed by atoms with Crippen molar-refractivity contribution in [3.8, 4) is 11.3 Å². The maximum atomic E-state index is 5.02. The SMILES string of the molecule is C[C@H](c1ccccc1)N1CC[C@H](Cc2nc3c(s2)Cc2ccccc2-3)C1. The lowest BCUT2D eigenvalue weighted by molar-refractivity contribution is 0.252. The molecule has 1 fully saturated rings. The molecule has 5 rings (SSSR count). The Bertz CT molecular complexity index is 915. The van der Waals surface area contributed by atoms with Crippen LogP contribution in [0.1, 0.15) is 40.4 Å². The maximum absolute atomic E-state index is 5.02. The molecule has 1 aliphatic carbocycles. The topological polar surface area (TPSA) is 16.1 Å². The lowest BCUT2D eigenvalue weighted by Gasteiger charge is -2.24. The molecular weight excluding hydrogens is 336 g/mol. The van der Waals surface area contributed by atoms with Crippen molar-refractivity contribution >= 4 is 11.3 Å². The number of thiazole rings is 1. The second-order valence-corrected chi connectivity index (χ2v) is 8.82. The molecule has 2 aliphatic rings. The summed E-state index contributed by atoms with van der Waals surface area (Å²) in [6, 6.07) is 20.1. The van der Waals surface area contributed by atoms with Crippen LogP contribution >= 0.6 is 11.3 Å². The van der Waals surface area contributed by atoms with E-state index in [1.807, 2.05) is 11.3 Å². The molecular formula is C23H24N2S. The second kappa shape index (κ2) is 6.64. The Labute approximate surface area is 159 Å². The monoisotopic (exact) mass is 360 g/mol. The molecule has 3 aromatic rings. The first kappa shape index (κ1) is 16.2. The fraction of sp³-hybridized carbons (Fsp3) is 0.348. The molecule has 1 saturated heterocycles. The van der Waals surface area contributed by atoms with Gasteiger partial charge < -0.3 is 0 Å². The summed E-state index contributed by atoms with van der Waals surface area (Å²) in [5, 5.41) is 1.34. The summed E-state index contributed by atoms with van der Waals surface area (Å²) in [7, 11) is 0. The normalized spacial score (nSPS) is 20.1. The van der Waals surface area contributed by atoms with Crippen molar-refractivity contribution in [2.45, 2.75) is 32.2 Å². The third-order valence-corrected chi connectivity index (χ3v) is 7.05. The number of likely N-dealkylation sites (tertiary alicyclic amines) is 1. The molecule has 2 heterocycles. The lowest BCUT2D eigenvalue weighted by Crippen LogP contribution is -2.24. The third kappa shape index (κ3) is 2.89. The van der Waals surface area contributed by atoms with Gasteiger partial charge in [-0.1, -0.05) is 54.6 Å². The Morgan fingerprint density at radius 2 is 1.92 bits per heavy atom. The van der Waals surface area contributed by atoms with E-state index in [-0.39, 0.29) is 0 Å². The second-order valence-electron chi connectivity index (χ2n) is 7.65. The number of rotatable bonds is 4. The molecule has 0 radical (unpaired) electrons. The van der Waals surface area contributed by atoms with Gasteiger partial charge in [0, 0.05) is 35.9 Å². The number of nitrogens with zero attached hydrogens (tertiary/aromatic N) is 2. The molecule has 1 aromatic heterocycles. The highest BCUT2D eigenvalue weighted by atomic mass is 32.1. The van der Waals surface area contributed by atoms with Crippen LogP contribution in [-0.2, 0) is 12.8 Å².